The van der Waals surface area contributed by atoms with Gasteiger partial charge in [-0.3, -0.25) is 4.79 Å². The zero-order valence-electron chi connectivity index (χ0n) is 17.4. The van der Waals surface area contributed by atoms with Gasteiger partial charge >= 0.3 is 0 Å². The van der Waals surface area contributed by atoms with Crippen molar-refractivity contribution in [2.24, 2.45) is 5.92 Å². The van der Waals surface area contributed by atoms with Crippen molar-refractivity contribution >= 4 is 5.91 Å². The molecule has 1 amide bonds. The number of aryl methyl sites for hydroxylation is 1. The number of hydrogen-bond donors (Lipinski definition) is 2. The molecule has 1 fully saturated rings. The molecule has 162 valence electrons. The Kier molecular flexibility index (Phi) is 5.73. The van der Waals surface area contributed by atoms with Gasteiger partial charge in [0, 0.05) is 24.4 Å². The van der Waals surface area contributed by atoms with Crippen LogP contribution in [0.1, 0.15) is 41.6 Å². The summed E-state index contributed by atoms with van der Waals surface area (Å²) in [4.78, 5) is 17.0. The molecule has 2 heterocycles. The molecule has 8 heteroatoms. The minimum Gasteiger partial charge on any atom is -0.471 e. The first kappa shape index (κ1) is 21.0. The summed E-state index contributed by atoms with van der Waals surface area (Å²) in [5, 5.41) is 17.1. The van der Waals surface area contributed by atoms with Crippen molar-refractivity contribution in [2.75, 3.05) is 6.54 Å². The van der Waals surface area contributed by atoms with Gasteiger partial charge in [-0.1, -0.05) is 17.3 Å². The highest BCUT2D eigenvalue weighted by Gasteiger charge is 2.40. The van der Waals surface area contributed by atoms with Crippen LogP contribution < -0.4 is 10.1 Å². The summed E-state index contributed by atoms with van der Waals surface area (Å²) in [5.41, 5.74) is 1.19. The van der Waals surface area contributed by atoms with Crippen LogP contribution in [0.3, 0.4) is 0 Å². The number of hydrogen-bond acceptors (Lipinski definition) is 6. The van der Waals surface area contributed by atoms with E-state index < -0.39 is 5.60 Å². The van der Waals surface area contributed by atoms with Gasteiger partial charge in [-0.15, -0.1) is 0 Å². The molecular formula is C23H24FN3O4. The molecule has 3 aromatic rings. The molecule has 31 heavy (non-hydrogen) atoms. The molecule has 0 saturated heterocycles. The molecule has 0 radical (unpaired) electrons. The van der Waals surface area contributed by atoms with Gasteiger partial charge in [0.1, 0.15) is 23.9 Å². The van der Waals surface area contributed by atoms with E-state index >= 15 is 0 Å². The maximum Gasteiger partial charge on any atom is 0.252 e. The number of amides is 1. The Morgan fingerprint density at radius 3 is 2.71 bits per heavy atom. The minimum atomic E-state index is -0.929. The Labute approximate surface area is 179 Å². The topological polar surface area (TPSA) is 97.5 Å². The Bertz CT molecular complexity index is 1070. The van der Waals surface area contributed by atoms with Gasteiger partial charge in [-0.25, -0.2) is 9.37 Å². The molecule has 0 bridgehead atoms. The van der Waals surface area contributed by atoms with Crippen molar-refractivity contribution in [3.8, 4) is 17.0 Å². The number of carbonyl (C=O) groups is 1. The lowest BCUT2D eigenvalue weighted by molar-refractivity contribution is 0.0354. The fourth-order valence-electron chi connectivity index (χ4n) is 3.37. The number of rotatable bonds is 8. The van der Waals surface area contributed by atoms with E-state index in [4.69, 9.17) is 9.26 Å². The monoisotopic (exact) mass is 425 g/mol. The van der Waals surface area contributed by atoms with E-state index in [0.717, 1.165) is 12.8 Å². The summed E-state index contributed by atoms with van der Waals surface area (Å²) >= 11 is 0. The van der Waals surface area contributed by atoms with E-state index in [1.54, 1.807) is 38.1 Å². The first-order chi connectivity index (χ1) is 14.8. The lowest BCUT2D eigenvalue weighted by atomic mass is 10.0. The van der Waals surface area contributed by atoms with E-state index in [0.29, 0.717) is 28.1 Å². The first-order valence-electron chi connectivity index (χ1n) is 10.1. The van der Waals surface area contributed by atoms with Crippen molar-refractivity contribution in [1.29, 1.82) is 0 Å². The largest absolute Gasteiger partial charge is 0.471 e. The van der Waals surface area contributed by atoms with Crippen molar-refractivity contribution in [3.63, 3.8) is 0 Å². The molecule has 1 atom stereocenters. The highest BCUT2D eigenvalue weighted by Crippen LogP contribution is 2.39. The molecule has 1 aromatic carbocycles. The van der Waals surface area contributed by atoms with Gasteiger partial charge in [0.15, 0.2) is 0 Å². The van der Waals surface area contributed by atoms with Crippen LogP contribution in [0.5, 0.6) is 5.88 Å². The molecule has 0 aliphatic heterocycles. The highest BCUT2D eigenvalue weighted by molar-refractivity contribution is 5.95. The fraction of sp³-hybridized carbons (Fsp3) is 0.348. The summed E-state index contributed by atoms with van der Waals surface area (Å²) in [6.07, 6.45) is 3.35. The van der Waals surface area contributed by atoms with E-state index in [1.165, 1.54) is 18.3 Å². The Hall–Kier alpha value is -3.26. The van der Waals surface area contributed by atoms with Crippen LogP contribution in [0.15, 0.2) is 47.1 Å². The molecule has 1 aliphatic rings. The van der Waals surface area contributed by atoms with Crippen LogP contribution in [-0.2, 0) is 6.61 Å². The number of benzene rings is 1. The number of aromatic nitrogens is 2. The van der Waals surface area contributed by atoms with E-state index in [-0.39, 0.29) is 36.7 Å². The lowest BCUT2D eigenvalue weighted by Gasteiger charge is -2.23. The first-order valence-corrected chi connectivity index (χ1v) is 10.1. The number of pyridine rings is 1. The molecular weight excluding hydrogens is 401 g/mol. The average molecular weight is 425 g/mol. The zero-order valence-corrected chi connectivity index (χ0v) is 17.4. The van der Waals surface area contributed by atoms with Gasteiger partial charge in [-0.05, 0) is 56.4 Å². The third kappa shape index (κ3) is 5.08. The Morgan fingerprint density at radius 2 is 2.06 bits per heavy atom. The van der Waals surface area contributed by atoms with Gasteiger partial charge < -0.3 is 19.7 Å². The summed E-state index contributed by atoms with van der Waals surface area (Å²) in [6.45, 7) is 3.81. The minimum absolute atomic E-state index is 0.133. The second-order valence-corrected chi connectivity index (χ2v) is 8.12. The van der Waals surface area contributed by atoms with Gasteiger partial charge in [0.05, 0.1) is 11.2 Å². The molecule has 1 aliphatic carbocycles. The van der Waals surface area contributed by atoms with Crippen LogP contribution in [0.4, 0.5) is 4.39 Å². The molecule has 2 aromatic heterocycles. The summed E-state index contributed by atoms with van der Waals surface area (Å²) in [7, 11) is 0. The number of carbonyl (C=O) groups excluding carboxylic acids is 1. The Balaban J connectivity index is 1.56. The maximum atomic E-state index is 13.4. The van der Waals surface area contributed by atoms with Crippen LogP contribution in [0.25, 0.3) is 11.1 Å². The van der Waals surface area contributed by atoms with Crippen molar-refractivity contribution in [1.82, 2.24) is 15.5 Å². The zero-order chi connectivity index (χ0) is 22.0. The van der Waals surface area contributed by atoms with Crippen LogP contribution in [-0.4, -0.2) is 33.3 Å². The molecule has 0 spiro atoms. The normalized spacial score (nSPS) is 15.4. The molecule has 1 unspecified atom stereocenters. The molecule has 4 rings (SSSR count). The number of nitrogens with one attached hydrogen (secondary N) is 1. The summed E-state index contributed by atoms with van der Waals surface area (Å²) in [5.74, 6) is 0.453. The van der Waals surface area contributed by atoms with E-state index in [1.807, 2.05) is 0 Å². The number of ether oxygens (including phenoxy) is 1. The Morgan fingerprint density at radius 1 is 1.32 bits per heavy atom. The predicted molar refractivity (Wildman–Crippen MR) is 111 cm³/mol. The summed E-state index contributed by atoms with van der Waals surface area (Å²) in [6, 6.07) is 9.26. The van der Waals surface area contributed by atoms with Crippen LogP contribution in [0, 0.1) is 18.7 Å². The van der Waals surface area contributed by atoms with E-state index in [9.17, 15) is 14.3 Å². The maximum absolute atomic E-state index is 13.4. The average Bonchev–Trinajstić information content (AvgIpc) is 3.54. The smallest absolute Gasteiger partial charge is 0.252 e. The summed E-state index contributed by atoms with van der Waals surface area (Å²) < 4.78 is 24.3. The van der Waals surface area contributed by atoms with Gasteiger partial charge in [0.2, 0.25) is 5.88 Å². The standard InChI is InChI=1S/C23H24FN3O4/c1-14-9-19(27-31-14)12-30-22-20(15-3-7-18(24)8-4-15)10-16(11-25-22)21(28)26-13-23(2,29)17-5-6-17/h3-4,7-11,17,29H,5-6,12-13H2,1-2H3,(H,26,28). The fourth-order valence-corrected chi connectivity index (χ4v) is 3.37. The third-order valence-electron chi connectivity index (χ3n) is 5.37. The van der Waals surface area contributed by atoms with E-state index in [2.05, 4.69) is 15.5 Å². The van der Waals surface area contributed by atoms with Crippen molar-refractivity contribution < 1.29 is 23.6 Å². The van der Waals surface area contributed by atoms with Crippen LogP contribution >= 0.6 is 0 Å². The molecule has 1 saturated carbocycles. The van der Waals surface area contributed by atoms with Crippen LogP contribution in [0.2, 0.25) is 0 Å². The molecule has 2 N–H and O–H groups in total. The quantitative estimate of drug-likeness (QED) is 0.572. The van der Waals surface area contributed by atoms with Crippen molar-refractivity contribution in [2.45, 2.75) is 38.9 Å². The second kappa shape index (κ2) is 8.47. The highest BCUT2D eigenvalue weighted by atomic mass is 19.1. The lowest BCUT2D eigenvalue weighted by Crippen LogP contribution is -2.42. The second-order valence-electron chi connectivity index (χ2n) is 8.12. The predicted octanol–water partition coefficient (Wildman–Crippen LogP) is 3.65. The number of aliphatic hydroxyl groups is 1. The third-order valence-corrected chi connectivity index (χ3v) is 5.37. The van der Waals surface area contributed by atoms with Gasteiger partial charge in [0.25, 0.3) is 5.91 Å². The number of nitrogens with zero attached hydrogens (tertiary/aromatic N) is 2. The van der Waals surface area contributed by atoms with Crippen molar-refractivity contribution in [3.05, 3.63) is 65.4 Å². The molecule has 7 nitrogen and oxygen atoms in total. The SMILES string of the molecule is Cc1cc(COc2ncc(C(=O)NCC(C)(O)C3CC3)cc2-c2ccc(F)cc2)no1. The van der Waals surface area contributed by atoms with Gasteiger partial charge in [-0.2, -0.15) is 0 Å². The number of halogens is 1.